The highest BCUT2D eigenvalue weighted by molar-refractivity contribution is 5.37. The largest absolute Gasteiger partial charge is 0.496 e. The molecular weight excluding hydrogens is 231 g/mol. The monoisotopic (exact) mass is 254 g/mol. The molecule has 0 aliphatic rings. The van der Waals surface area contributed by atoms with Crippen LogP contribution in [0.1, 0.15) is 24.9 Å². The molecule has 0 bridgehead atoms. The van der Waals surface area contributed by atoms with E-state index in [4.69, 9.17) is 4.74 Å². The van der Waals surface area contributed by atoms with Crippen LogP contribution in [0, 0.1) is 11.7 Å². The van der Waals surface area contributed by atoms with Gasteiger partial charge in [-0.15, -0.1) is 0 Å². The van der Waals surface area contributed by atoms with Crippen molar-refractivity contribution >= 4 is 0 Å². The summed E-state index contributed by atoms with van der Waals surface area (Å²) in [6, 6.07) is 4.74. The molecule has 0 radical (unpaired) electrons. The van der Waals surface area contributed by atoms with Crippen molar-refractivity contribution in [3.63, 3.8) is 0 Å². The molecule has 0 aliphatic heterocycles. The maximum atomic E-state index is 13.4. The van der Waals surface area contributed by atoms with Crippen LogP contribution in [0.3, 0.4) is 0 Å². The summed E-state index contributed by atoms with van der Waals surface area (Å²) in [5, 5.41) is 6.45. The van der Waals surface area contributed by atoms with Gasteiger partial charge < -0.3 is 15.4 Å². The molecule has 0 amide bonds. The fourth-order valence-corrected chi connectivity index (χ4v) is 2.35. The zero-order valence-electron chi connectivity index (χ0n) is 11.6. The average molecular weight is 254 g/mol. The van der Waals surface area contributed by atoms with Gasteiger partial charge in [0.1, 0.15) is 11.6 Å². The van der Waals surface area contributed by atoms with Crippen LogP contribution in [0.4, 0.5) is 4.39 Å². The fraction of sp³-hybridized carbons (Fsp3) is 0.571. The topological polar surface area (TPSA) is 33.3 Å². The summed E-state index contributed by atoms with van der Waals surface area (Å²) < 4.78 is 18.8. The first-order valence-electron chi connectivity index (χ1n) is 6.33. The minimum absolute atomic E-state index is 0.0769. The van der Waals surface area contributed by atoms with Crippen LogP contribution < -0.4 is 15.4 Å². The standard InChI is InChI=1S/C14H23FN2O/c1-5-10(9-16-2)14(17-3)12-8-11(15)6-7-13(12)18-4/h6-8,10,14,16-17H,5,9H2,1-4H3. The second kappa shape index (κ2) is 7.34. The molecule has 18 heavy (non-hydrogen) atoms. The van der Waals surface area contributed by atoms with Crippen molar-refractivity contribution in [1.82, 2.24) is 10.6 Å². The van der Waals surface area contributed by atoms with Crippen LogP contribution >= 0.6 is 0 Å². The van der Waals surface area contributed by atoms with Gasteiger partial charge in [0.05, 0.1) is 7.11 Å². The Kier molecular flexibility index (Phi) is 6.09. The number of halogens is 1. The Hall–Kier alpha value is -1.13. The molecule has 0 saturated heterocycles. The Balaban J connectivity index is 3.09. The summed E-state index contributed by atoms with van der Waals surface area (Å²) in [6.07, 6.45) is 1.01. The van der Waals surface area contributed by atoms with E-state index in [2.05, 4.69) is 17.6 Å². The van der Waals surface area contributed by atoms with E-state index in [9.17, 15) is 4.39 Å². The molecule has 1 rings (SSSR count). The third-order valence-corrected chi connectivity index (χ3v) is 3.30. The van der Waals surface area contributed by atoms with Crippen LogP contribution in [0.2, 0.25) is 0 Å². The molecule has 4 heteroatoms. The Bertz CT molecular complexity index is 371. The first-order valence-corrected chi connectivity index (χ1v) is 6.33. The van der Waals surface area contributed by atoms with Gasteiger partial charge in [-0.25, -0.2) is 4.39 Å². The summed E-state index contributed by atoms with van der Waals surface area (Å²) in [5.74, 6) is 0.881. The maximum Gasteiger partial charge on any atom is 0.123 e. The lowest BCUT2D eigenvalue weighted by Crippen LogP contribution is -2.32. The van der Waals surface area contributed by atoms with Gasteiger partial charge in [-0.3, -0.25) is 0 Å². The molecule has 0 aliphatic carbocycles. The third-order valence-electron chi connectivity index (χ3n) is 3.30. The molecule has 1 aromatic rings. The quantitative estimate of drug-likeness (QED) is 0.783. The van der Waals surface area contributed by atoms with Gasteiger partial charge in [-0.1, -0.05) is 13.3 Å². The van der Waals surface area contributed by atoms with Crippen molar-refractivity contribution in [1.29, 1.82) is 0 Å². The highest BCUT2D eigenvalue weighted by atomic mass is 19.1. The second-order valence-corrected chi connectivity index (χ2v) is 4.38. The lowest BCUT2D eigenvalue weighted by molar-refractivity contribution is 0.339. The molecule has 0 spiro atoms. The number of hydrogen-bond donors (Lipinski definition) is 2. The van der Waals surface area contributed by atoms with Gasteiger partial charge in [0, 0.05) is 11.6 Å². The normalized spacial score (nSPS) is 14.3. The van der Waals surface area contributed by atoms with Crippen LogP contribution in [-0.2, 0) is 0 Å². The smallest absolute Gasteiger partial charge is 0.123 e. The summed E-state index contributed by atoms with van der Waals surface area (Å²) in [5.41, 5.74) is 0.877. The summed E-state index contributed by atoms with van der Waals surface area (Å²) in [6.45, 7) is 3.01. The minimum Gasteiger partial charge on any atom is -0.496 e. The van der Waals surface area contributed by atoms with Crippen molar-refractivity contribution < 1.29 is 9.13 Å². The van der Waals surface area contributed by atoms with Gasteiger partial charge in [0.15, 0.2) is 0 Å². The number of methoxy groups -OCH3 is 1. The number of rotatable bonds is 7. The minimum atomic E-state index is -0.231. The van der Waals surface area contributed by atoms with E-state index in [0.29, 0.717) is 5.92 Å². The van der Waals surface area contributed by atoms with E-state index >= 15 is 0 Å². The maximum absolute atomic E-state index is 13.4. The molecular formula is C14H23FN2O. The lowest BCUT2D eigenvalue weighted by atomic mass is 9.90. The van der Waals surface area contributed by atoms with Crippen LogP contribution in [-0.4, -0.2) is 27.7 Å². The number of ether oxygens (including phenoxy) is 1. The Morgan fingerprint density at radius 1 is 1.33 bits per heavy atom. The van der Waals surface area contributed by atoms with Crippen LogP contribution in [0.25, 0.3) is 0 Å². The first-order chi connectivity index (χ1) is 8.67. The summed E-state index contributed by atoms with van der Waals surface area (Å²) in [4.78, 5) is 0. The molecule has 0 aromatic heterocycles. The molecule has 1 aromatic carbocycles. The summed E-state index contributed by atoms with van der Waals surface area (Å²) >= 11 is 0. The zero-order valence-corrected chi connectivity index (χ0v) is 11.6. The molecule has 3 nitrogen and oxygen atoms in total. The average Bonchev–Trinajstić information content (AvgIpc) is 2.39. The molecule has 0 saturated carbocycles. The third kappa shape index (κ3) is 3.43. The highest BCUT2D eigenvalue weighted by Gasteiger charge is 2.23. The van der Waals surface area contributed by atoms with Crippen LogP contribution in [0.15, 0.2) is 18.2 Å². The zero-order chi connectivity index (χ0) is 13.5. The first kappa shape index (κ1) is 14.9. The second-order valence-electron chi connectivity index (χ2n) is 4.38. The fourth-order valence-electron chi connectivity index (χ4n) is 2.35. The van der Waals surface area contributed by atoms with Crippen molar-refractivity contribution in [2.75, 3.05) is 27.7 Å². The Labute approximate surface area is 109 Å². The highest BCUT2D eigenvalue weighted by Crippen LogP contribution is 2.31. The Morgan fingerprint density at radius 3 is 2.56 bits per heavy atom. The van der Waals surface area contributed by atoms with E-state index < -0.39 is 0 Å². The van der Waals surface area contributed by atoms with Gasteiger partial charge in [0.25, 0.3) is 0 Å². The number of hydrogen-bond acceptors (Lipinski definition) is 3. The molecule has 102 valence electrons. The van der Waals surface area contributed by atoms with E-state index in [-0.39, 0.29) is 11.9 Å². The van der Waals surface area contributed by atoms with Crippen molar-refractivity contribution in [3.05, 3.63) is 29.6 Å². The molecule has 2 N–H and O–H groups in total. The van der Waals surface area contributed by atoms with E-state index in [1.165, 1.54) is 6.07 Å². The molecule has 2 unspecified atom stereocenters. The SMILES string of the molecule is CCC(CNC)C(NC)c1cc(F)ccc1OC. The van der Waals surface area contributed by atoms with Gasteiger partial charge in [-0.2, -0.15) is 0 Å². The van der Waals surface area contributed by atoms with Crippen molar-refractivity contribution in [2.24, 2.45) is 5.92 Å². The van der Waals surface area contributed by atoms with Crippen molar-refractivity contribution in [2.45, 2.75) is 19.4 Å². The van der Waals surface area contributed by atoms with Gasteiger partial charge in [-0.05, 0) is 44.8 Å². The van der Waals surface area contributed by atoms with Crippen LogP contribution in [0.5, 0.6) is 5.75 Å². The van der Waals surface area contributed by atoms with Gasteiger partial charge in [0.2, 0.25) is 0 Å². The number of nitrogens with one attached hydrogen (secondary N) is 2. The predicted octanol–water partition coefficient (Wildman–Crippen LogP) is 2.34. The molecule has 0 heterocycles. The Morgan fingerprint density at radius 2 is 2.06 bits per heavy atom. The van der Waals surface area contributed by atoms with E-state index in [0.717, 1.165) is 24.3 Å². The predicted molar refractivity (Wildman–Crippen MR) is 72.5 cm³/mol. The van der Waals surface area contributed by atoms with Gasteiger partial charge >= 0.3 is 0 Å². The molecule has 2 atom stereocenters. The summed E-state index contributed by atoms with van der Waals surface area (Å²) in [7, 11) is 5.44. The lowest BCUT2D eigenvalue weighted by Gasteiger charge is -2.27. The number of benzene rings is 1. The van der Waals surface area contributed by atoms with E-state index in [1.807, 2.05) is 14.1 Å². The molecule has 0 fully saturated rings. The van der Waals surface area contributed by atoms with Crippen molar-refractivity contribution in [3.8, 4) is 5.75 Å². The van der Waals surface area contributed by atoms with E-state index in [1.54, 1.807) is 19.2 Å².